The molecule has 3 nitrogen and oxygen atoms in total. The molecule has 0 spiro atoms. The van der Waals surface area contributed by atoms with Crippen molar-refractivity contribution in [2.75, 3.05) is 0 Å². The zero-order valence-corrected chi connectivity index (χ0v) is 6.37. The van der Waals surface area contributed by atoms with E-state index in [9.17, 15) is 14.1 Å². The Morgan fingerprint density at radius 3 is 2.67 bits per heavy atom. The highest BCUT2D eigenvalue weighted by Crippen LogP contribution is 2.24. The molecule has 62 valence electrons. The summed E-state index contributed by atoms with van der Waals surface area (Å²) in [5.41, 5.74) is 0.269. The van der Waals surface area contributed by atoms with Gasteiger partial charge in [-0.3, -0.25) is 4.79 Å². The SMILES string of the molecule is Cc1c(C=O)ccc(F)c1N=O. The van der Waals surface area contributed by atoms with E-state index in [1.165, 1.54) is 13.0 Å². The first-order valence-electron chi connectivity index (χ1n) is 3.28. The minimum Gasteiger partial charge on any atom is -0.298 e. The standard InChI is InChI=1S/C8H6FNO2/c1-5-6(4-11)2-3-7(9)8(5)10-12/h2-4H,1H3. The molecule has 0 heterocycles. The maximum absolute atomic E-state index is 12.8. The maximum atomic E-state index is 12.8. The van der Waals surface area contributed by atoms with Gasteiger partial charge in [-0.2, -0.15) is 0 Å². The molecule has 0 atom stereocenters. The van der Waals surface area contributed by atoms with Crippen LogP contribution in [0.2, 0.25) is 0 Å². The Bertz CT molecular complexity index is 336. The number of hydrogen-bond donors (Lipinski definition) is 0. The third-order valence-corrected chi connectivity index (χ3v) is 1.64. The number of carbonyl (C=O) groups is 1. The first-order chi connectivity index (χ1) is 5.70. The van der Waals surface area contributed by atoms with Crippen molar-refractivity contribution in [2.45, 2.75) is 6.92 Å². The first kappa shape index (κ1) is 8.52. The third-order valence-electron chi connectivity index (χ3n) is 1.64. The van der Waals surface area contributed by atoms with Gasteiger partial charge in [0.15, 0.2) is 5.82 Å². The molecule has 0 aromatic heterocycles. The molecule has 0 fully saturated rings. The number of aldehydes is 1. The van der Waals surface area contributed by atoms with Gasteiger partial charge in [0, 0.05) is 5.56 Å². The van der Waals surface area contributed by atoms with Crippen LogP contribution in [0, 0.1) is 17.6 Å². The number of rotatable bonds is 2. The lowest BCUT2D eigenvalue weighted by Gasteiger charge is -2.00. The molecular weight excluding hydrogens is 161 g/mol. The van der Waals surface area contributed by atoms with Crippen molar-refractivity contribution in [3.63, 3.8) is 0 Å². The molecule has 1 aromatic carbocycles. The second-order valence-corrected chi connectivity index (χ2v) is 2.32. The fourth-order valence-corrected chi connectivity index (χ4v) is 0.922. The Hall–Kier alpha value is -1.58. The highest BCUT2D eigenvalue weighted by molar-refractivity contribution is 5.79. The summed E-state index contributed by atoms with van der Waals surface area (Å²) in [4.78, 5) is 20.5. The van der Waals surface area contributed by atoms with E-state index in [0.717, 1.165) is 6.07 Å². The Morgan fingerprint density at radius 2 is 2.17 bits per heavy atom. The zero-order valence-electron chi connectivity index (χ0n) is 6.37. The van der Waals surface area contributed by atoms with Crippen molar-refractivity contribution in [1.82, 2.24) is 0 Å². The van der Waals surface area contributed by atoms with Crippen LogP contribution in [0.5, 0.6) is 0 Å². The molecule has 12 heavy (non-hydrogen) atoms. The average molecular weight is 167 g/mol. The van der Waals surface area contributed by atoms with Crippen LogP contribution in [0.1, 0.15) is 15.9 Å². The molecule has 1 aromatic rings. The lowest BCUT2D eigenvalue weighted by atomic mass is 10.1. The third kappa shape index (κ3) is 1.23. The highest BCUT2D eigenvalue weighted by atomic mass is 19.1. The lowest BCUT2D eigenvalue weighted by Crippen LogP contribution is -1.88. The van der Waals surface area contributed by atoms with Crippen molar-refractivity contribution >= 4 is 12.0 Å². The molecule has 0 aliphatic carbocycles. The molecule has 0 saturated heterocycles. The monoisotopic (exact) mass is 167 g/mol. The van der Waals surface area contributed by atoms with Gasteiger partial charge in [-0.05, 0) is 29.8 Å². The van der Waals surface area contributed by atoms with Gasteiger partial charge in [0.2, 0.25) is 0 Å². The molecule has 0 bridgehead atoms. The van der Waals surface area contributed by atoms with E-state index in [1.54, 1.807) is 0 Å². The summed E-state index contributed by atoms with van der Waals surface area (Å²) in [6.07, 6.45) is 0.559. The van der Waals surface area contributed by atoms with Gasteiger partial charge in [-0.1, -0.05) is 0 Å². The molecular formula is C8H6FNO2. The second-order valence-electron chi connectivity index (χ2n) is 2.32. The Balaban J connectivity index is 3.43. The fourth-order valence-electron chi connectivity index (χ4n) is 0.922. The van der Waals surface area contributed by atoms with Crippen LogP contribution in [-0.4, -0.2) is 6.29 Å². The number of hydrogen-bond acceptors (Lipinski definition) is 3. The molecule has 0 aliphatic heterocycles. The molecule has 0 aliphatic rings. The summed E-state index contributed by atoms with van der Waals surface area (Å²) >= 11 is 0. The van der Waals surface area contributed by atoms with E-state index in [0.29, 0.717) is 6.29 Å². The summed E-state index contributed by atoms with van der Waals surface area (Å²) in [5.74, 6) is -0.701. The van der Waals surface area contributed by atoms with Gasteiger partial charge in [-0.25, -0.2) is 4.39 Å². The highest BCUT2D eigenvalue weighted by Gasteiger charge is 2.09. The predicted octanol–water partition coefficient (Wildman–Crippen LogP) is 2.34. The van der Waals surface area contributed by atoms with Crippen LogP contribution in [-0.2, 0) is 0 Å². The zero-order chi connectivity index (χ0) is 9.14. The molecule has 0 saturated carbocycles. The second kappa shape index (κ2) is 3.21. The van der Waals surface area contributed by atoms with E-state index in [1.807, 2.05) is 0 Å². The van der Waals surface area contributed by atoms with E-state index >= 15 is 0 Å². The summed E-state index contributed by atoms with van der Waals surface area (Å²) in [5, 5.41) is 2.49. The average Bonchev–Trinajstić information content (AvgIpc) is 2.06. The Labute approximate surface area is 68.2 Å². The molecule has 0 unspecified atom stereocenters. The van der Waals surface area contributed by atoms with Crippen molar-refractivity contribution in [2.24, 2.45) is 5.18 Å². The van der Waals surface area contributed by atoms with Gasteiger partial charge in [0.1, 0.15) is 12.0 Å². The molecule has 0 N–H and O–H groups in total. The van der Waals surface area contributed by atoms with Crippen molar-refractivity contribution < 1.29 is 9.18 Å². The Morgan fingerprint density at radius 1 is 1.50 bits per heavy atom. The molecule has 0 amide bonds. The van der Waals surface area contributed by atoms with Gasteiger partial charge >= 0.3 is 0 Å². The van der Waals surface area contributed by atoms with E-state index in [-0.39, 0.29) is 16.8 Å². The van der Waals surface area contributed by atoms with Gasteiger partial charge in [-0.15, -0.1) is 4.91 Å². The van der Waals surface area contributed by atoms with Crippen molar-refractivity contribution in [3.8, 4) is 0 Å². The Kier molecular flexibility index (Phi) is 2.28. The van der Waals surface area contributed by atoms with Crippen LogP contribution < -0.4 is 0 Å². The molecule has 0 radical (unpaired) electrons. The summed E-state index contributed by atoms with van der Waals surface area (Å²) in [7, 11) is 0. The number of nitrogens with zero attached hydrogens (tertiary/aromatic N) is 1. The normalized spacial score (nSPS) is 9.50. The minimum atomic E-state index is -0.701. The smallest absolute Gasteiger partial charge is 0.152 e. The van der Waals surface area contributed by atoms with Crippen molar-refractivity contribution in [1.29, 1.82) is 0 Å². The number of carbonyl (C=O) groups excluding carboxylic acids is 1. The van der Waals surface area contributed by atoms with Crippen LogP contribution in [0.15, 0.2) is 17.3 Å². The topological polar surface area (TPSA) is 46.5 Å². The minimum absolute atomic E-state index is 0.278. The largest absolute Gasteiger partial charge is 0.298 e. The van der Waals surface area contributed by atoms with Crippen LogP contribution in [0.4, 0.5) is 10.1 Å². The summed E-state index contributed by atoms with van der Waals surface area (Å²) in [6, 6.07) is 2.36. The van der Waals surface area contributed by atoms with E-state index in [2.05, 4.69) is 5.18 Å². The van der Waals surface area contributed by atoms with E-state index < -0.39 is 5.82 Å². The first-order valence-corrected chi connectivity index (χ1v) is 3.28. The summed E-state index contributed by atoms with van der Waals surface area (Å²) in [6.45, 7) is 1.48. The number of nitroso groups, excluding NO2 is 1. The lowest BCUT2D eigenvalue weighted by molar-refractivity contribution is 0.112. The van der Waals surface area contributed by atoms with Gasteiger partial charge < -0.3 is 0 Å². The van der Waals surface area contributed by atoms with Crippen molar-refractivity contribution in [3.05, 3.63) is 34.0 Å². The van der Waals surface area contributed by atoms with Gasteiger partial charge in [0.25, 0.3) is 0 Å². The maximum Gasteiger partial charge on any atom is 0.152 e. The fraction of sp³-hybridized carbons (Fsp3) is 0.125. The molecule has 4 heteroatoms. The number of benzene rings is 1. The number of halogens is 1. The van der Waals surface area contributed by atoms with Crippen LogP contribution in [0.25, 0.3) is 0 Å². The van der Waals surface area contributed by atoms with Gasteiger partial charge in [0.05, 0.1) is 0 Å². The predicted molar refractivity (Wildman–Crippen MR) is 42.0 cm³/mol. The molecule has 1 rings (SSSR count). The van der Waals surface area contributed by atoms with Crippen LogP contribution in [0.3, 0.4) is 0 Å². The quantitative estimate of drug-likeness (QED) is 0.501. The summed E-state index contributed by atoms with van der Waals surface area (Å²) < 4.78 is 12.8. The van der Waals surface area contributed by atoms with E-state index in [4.69, 9.17) is 0 Å². The van der Waals surface area contributed by atoms with Crippen LogP contribution >= 0.6 is 0 Å².